The average molecular weight is 555 g/mol. The van der Waals surface area contributed by atoms with Crippen molar-refractivity contribution in [2.24, 2.45) is 0 Å². The van der Waals surface area contributed by atoms with Gasteiger partial charge >= 0.3 is 7.82 Å². The summed E-state index contributed by atoms with van der Waals surface area (Å²) >= 11 is 1.86. The fraction of sp³-hybridized carbons (Fsp3) is 1.00. The number of phosphoric acid groups is 1. The quantitative estimate of drug-likeness (QED) is 0.0597. The highest BCUT2D eigenvalue weighted by Gasteiger charge is 2.25. The first-order valence-corrected chi connectivity index (χ1v) is 17.5. The lowest BCUT2D eigenvalue weighted by Crippen LogP contribution is -2.37. The van der Waals surface area contributed by atoms with Crippen LogP contribution in [0.5, 0.6) is 0 Å². The molecular formula is C28H61NO5PS+. The number of ether oxygens (including phenoxy) is 1. The van der Waals surface area contributed by atoms with Gasteiger partial charge in [0.25, 0.3) is 0 Å². The van der Waals surface area contributed by atoms with Gasteiger partial charge in [0, 0.05) is 12.4 Å². The Balaban J connectivity index is 4.20. The minimum atomic E-state index is -4.06. The summed E-state index contributed by atoms with van der Waals surface area (Å²) in [6, 6.07) is 0. The number of hydrogen-bond donors (Lipinski definition) is 1. The predicted octanol–water partition coefficient (Wildman–Crippen LogP) is 8.23. The molecule has 1 unspecified atom stereocenters. The Bertz CT molecular complexity index is 519. The van der Waals surface area contributed by atoms with Gasteiger partial charge in [0.05, 0.1) is 33.9 Å². The smallest absolute Gasteiger partial charge is 0.375 e. The van der Waals surface area contributed by atoms with Gasteiger partial charge in [-0.15, -0.1) is 0 Å². The van der Waals surface area contributed by atoms with Crippen LogP contribution in [0.15, 0.2) is 0 Å². The van der Waals surface area contributed by atoms with Crippen LogP contribution in [0.4, 0.5) is 0 Å². The molecule has 0 amide bonds. The molecule has 0 heterocycles. The van der Waals surface area contributed by atoms with Gasteiger partial charge in [0.15, 0.2) is 0 Å². The van der Waals surface area contributed by atoms with Crippen LogP contribution in [0.2, 0.25) is 0 Å². The molecule has 0 aliphatic rings. The molecule has 2 atom stereocenters. The molecule has 0 aromatic rings. The standard InChI is InChI=1S/C28H60NO5PS/c1-6-8-10-12-14-15-16-17-18-20-23-32-28(27-36-25-21-19-13-11-9-7-2)26-34-35(30,31)33-24-22-29(3,4)5/h28H,6-27H2,1-5H3/p+1/t28-/m1/s1. The first-order valence-electron chi connectivity index (χ1n) is 14.8. The molecule has 0 saturated carbocycles. The SMILES string of the molecule is CCCCCCCCCCCCO[C@H](COP(=O)(O)OCC[N+](C)(C)C)CSCCCCCCCC. The van der Waals surface area contributed by atoms with E-state index in [1.807, 2.05) is 32.9 Å². The molecule has 6 nitrogen and oxygen atoms in total. The van der Waals surface area contributed by atoms with E-state index in [2.05, 4.69) is 13.8 Å². The fourth-order valence-corrected chi connectivity index (χ4v) is 5.60. The maximum absolute atomic E-state index is 12.3. The molecule has 0 aromatic carbocycles. The number of hydrogen-bond acceptors (Lipinski definition) is 5. The second-order valence-electron chi connectivity index (χ2n) is 11.1. The van der Waals surface area contributed by atoms with E-state index in [1.165, 1.54) is 96.3 Å². The van der Waals surface area contributed by atoms with Crippen molar-refractivity contribution in [2.45, 2.75) is 123 Å². The summed E-state index contributed by atoms with van der Waals surface area (Å²) in [4.78, 5) is 10.1. The largest absolute Gasteiger partial charge is 0.472 e. The molecule has 1 N–H and O–H groups in total. The number of thioether (sulfide) groups is 1. The third-order valence-electron chi connectivity index (χ3n) is 6.24. The lowest BCUT2D eigenvalue weighted by atomic mass is 10.1. The Morgan fingerprint density at radius 2 is 1.22 bits per heavy atom. The molecule has 0 aliphatic carbocycles. The molecule has 0 radical (unpaired) electrons. The summed E-state index contributed by atoms with van der Waals surface area (Å²) in [5, 5.41) is 0. The van der Waals surface area contributed by atoms with Gasteiger partial charge < -0.3 is 14.1 Å². The van der Waals surface area contributed by atoms with Gasteiger partial charge in [-0.1, -0.05) is 104 Å². The zero-order valence-electron chi connectivity index (χ0n) is 24.5. The van der Waals surface area contributed by atoms with Crippen LogP contribution in [0, 0.1) is 0 Å². The highest BCUT2D eigenvalue weighted by Crippen LogP contribution is 2.43. The minimum Gasteiger partial charge on any atom is -0.375 e. The lowest BCUT2D eigenvalue weighted by Gasteiger charge is -2.24. The maximum Gasteiger partial charge on any atom is 0.472 e. The Kier molecular flexibility index (Phi) is 24.7. The Morgan fingerprint density at radius 1 is 0.722 bits per heavy atom. The Morgan fingerprint density at radius 3 is 1.75 bits per heavy atom. The number of nitrogens with zero attached hydrogens (tertiary/aromatic N) is 1. The number of quaternary nitrogens is 1. The minimum absolute atomic E-state index is 0.0966. The van der Waals surface area contributed by atoms with E-state index in [1.54, 1.807) is 0 Å². The zero-order chi connectivity index (χ0) is 27.0. The third-order valence-corrected chi connectivity index (χ3v) is 8.41. The Labute approximate surface area is 228 Å². The summed E-state index contributed by atoms with van der Waals surface area (Å²) < 4.78 is 29.6. The van der Waals surface area contributed by atoms with Crippen molar-refractivity contribution < 1.29 is 27.7 Å². The summed E-state index contributed by atoms with van der Waals surface area (Å²) in [5.41, 5.74) is 0. The topological polar surface area (TPSA) is 65.0 Å². The van der Waals surface area contributed by atoms with Crippen LogP contribution in [-0.4, -0.2) is 74.5 Å². The van der Waals surface area contributed by atoms with E-state index in [0.717, 1.165) is 17.9 Å². The van der Waals surface area contributed by atoms with Crippen LogP contribution < -0.4 is 0 Å². The van der Waals surface area contributed by atoms with Gasteiger partial charge in [-0.05, 0) is 18.6 Å². The van der Waals surface area contributed by atoms with E-state index in [9.17, 15) is 9.46 Å². The van der Waals surface area contributed by atoms with Gasteiger partial charge in [0.1, 0.15) is 13.2 Å². The Hall–Kier alpha value is 0.380. The maximum atomic E-state index is 12.3. The molecule has 0 bridgehead atoms. The van der Waals surface area contributed by atoms with E-state index in [0.29, 0.717) is 17.6 Å². The van der Waals surface area contributed by atoms with Crippen molar-refractivity contribution >= 4 is 19.6 Å². The van der Waals surface area contributed by atoms with Crippen molar-refractivity contribution in [2.75, 3.05) is 59.0 Å². The lowest BCUT2D eigenvalue weighted by molar-refractivity contribution is -0.870. The third kappa shape index (κ3) is 27.4. The molecule has 8 heteroatoms. The van der Waals surface area contributed by atoms with Crippen LogP contribution in [0.25, 0.3) is 0 Å². The van der Waals surface area contributed by atoms with Crippen molar-refractivity contribution in [1.29, 1.82) is 0 Å². The molecule has 0 saturated heterocycles. The molecule has 218 valence electrons. The van der Waals surface area contributed by atoms with Gasteiger partial charge in [-0.25, -0.2) is 4.57 Å². The van der Waals surface area contributed by atoms with Crippen molar-refractivity contribution in [3.05, 3.63) is 0 Å². The zero-order valence-corrected chi connectivity index (χ0v) is 26.2. The van der Waals surface area contributed by atoms with Gasteiger partial charge in [0.2, 0.25) is 0 Å². The number of phosphoric ester groups is 1. The molecule has 0 fully saturated rings. The highest BCUT2D eigenvalue weighted by molar-refractivity contribution is 7.99. The molecule has 0 aromatic heterocycles. The van der Waals surface area contributed by atoms with Crippen molar-refractivity contribution in [1.82, 2.24) is 0 Å². The van der Waals surface area contributed by atoms with E-state index in [-0.39, 0.29) is 19.3 Å². The normalized spacial score (nSPS) is 14.7. The first kappa shape index (κ1) is 36.4. The van der Waals surface area contributed by atoms with Gasteiger partial charge in [-0.2, -0.15) is 11.8 Å². The fourth-order valence-electron chi connectivity index (χ4n) is 3.83. The van der Waals surface area contributed by atoms with E-state index < -0.39 is 7.82 Å². The predicted molar refractivity (Wildman–Crippen MR) is 157 cm³/mol. The van der Waals surface area contributed by atoms with Crippen LogP contribution in [-0.2, 0) is 18.3 Å². The summed E-state index contributed by atoms with van der Waals surface area (Å²) in [5.74, 6) is 1.88. The van der Waals surface area contributed by atoms with Crippen LogP contribution in [0.3, 0.4) is 0 Å². The number of unbranched alkanes of at least 4 members (excludes halogenated alkanes) is 14. The second-order valence-corrected chi connectivity index (χ2v) is 13.7. The second kappa shape index (κ2) is 24.4. The first-order chi connectivity index (χ1) is 17.2. The monoisotopic (exact) mass is 554 g/mol. The summed E-state index contributed by atoms with van der Waals surface area (Å²) in [6.07, 6.45) is 20.5. The molecule has 0 spiro atoms. The van der Waals surface area contributed by atoms with Crippen molar-refractivity contribution in [3.8, 4) is 0 Å². The van der Waals surface area contributed by atoms with E-state index >= 15 is 0 Å². The molecule has 0 rings (SSSR count). The van der Waals surface area contributed by atoms with Gasteiger partial charge in [-0.3, -0.25) is 9.05 Å². The van der Waals surface area contributed by atoms with Crippen LogP contribution in [0.1, 0.15) is 117 Å². The summed E-state index contributed by atoms with van der Waals surface area (Å²) in [6.45, 7) is 6.11. The number of rotatable bonds is 28. The molecular weight excluding hydrogens is 493 g/mol. The van der Waals surface area contributed by atoms with Crippen molar-refractivity contribution in [3.63, 3.8) is 0 Å². The highest BCUT2D eigenvalue weighted by atomic mass is 32.2. The summed E-state index contributed by atoms with van der Waals surface area (Å²) in [7, 11) is 2.00. The van der Waals surface area contributed by atoms with Crippen LogP contribution >= 0.6 is 19.6 Å². The molecule has 36 heavy (non-hydrogen) atoms. The number of likely N-dealkylation sites (N-methyl/N-ethyl adjacent to an activating group) is 1. The van der Waals surface area contributed by atoms with E-state index in [4.69, 9.17) is 13.8 Å². The molecule has 0 aliphatic heterocycles. The average Bonchev–Trinajstić information content (AvgIpc) is 2.81.